The smallest absolute Gasteiger partial charge is 0.247 e. The molecule has 1 aliphatic heterocycles. The second-order valence-corrected chi connectivity index (χ2v) is 2.80. The fraction of sp³-hybridized carbons (Fsp3) is 0.143. The normalized spacial score (nSPS) is 18.3. The summed E-state index contributed by atoms with van der Waals surface area (Å²) < 4.78 is 2.08. The van der Waals surface area contributed by atoms with Gasteiger partial charge >= 0.3 is 0 Å². The van der Waals surface area contributed by atoms with Crippen LogP contribution in [0.25, 0.3) is 6.20 Å². The van der Waals surface area contributed by atoms with Crippen molar-refractivity contribution in [2.45, 2.75) is 0 Å². The summed E-state index contributed by atoms with van der Waals surface area (Å²) in [7, 11) is 1.81. The number of aliphatic imine (C=N–C) groups is 1. The zero-order valence-corrected chi connectivity index (χ0v) is 6.43. The maximum Gasteiger partial charge on any atom is 0.247 e. The third-order valence-corrected chi connectivity index (χ3v) is 2.24. The number of aromatic nitrogens is 1. The Kier molecular flexibility index (Phi) is 1.17. The first-order chi connectivity index (χ1) is 4.92. The van der Waals surface area contributed by atoms with Gasteiger partial charge in [0.25, 0.3) is 0 Å². The quantitative estimate of drug-likeness (QED) is 0.491. The van der Waals surface area contributed by atoms with Crippen molar-refractivity contribution in [2.24, 2.45) is 4.99 Å². The van der Waals surface area contributed by atoms with E-state index in [2.05, 4.69) is 20.5 Å². The van der Waals surface area contributed by atoms with E-state index in [1.807, 2.05) is 19.3 Å². The van der Waals surface area contributed by atoms with Gasteiger partial charge in [-0.1, -0.05) is 11.3 Å². The third-order valence-electron chi connectivity index (χ3n) is 1.53. The SMILES string of the molecule is C/N=C1/C=C[n+]2cscc21. The molecular weight excluding hydrogens is 144 g/mol. The van der Waals surface area contributed by atoms with Crippen LogP contribution in [0.2, 0.25) is 0 Å². The van der Waals surface area contributed by atoms with Crippen molar-refractivity contribution in [1.82, 2.24) is 0 Å². The first kappa shape index (κ1) is 5.80. The molecule has 0 radical (unpaired) electrons. The van der Waals surface area contributed by atoms with Gasteiger partial charge < -0.3 is 0 Å². The Bertz CT molecular complexity index is 309. The average molecular weight is 151 g/mol. The van der Waals surface area contributed by atoms with Crippen LogP contribution in [0, 0.1) is 0 Å². The summed E-state index contributed by atoms with van der Waals surface area (Å²) in [5, 5.41) is 2.10. The average Bonchev–Trinajstić information content (AvgIpc) is 2.44. The van der Waals surface area contributed by atoms with E-state index in [4.69, 9.17) is 0 Å². The molecule has 0 aromatic carbocycles. The first-order valence-corrected chi connectivity index (χ1v) is 3.99. The lowest BCUT2D eigenvalue weighted by molar-refractivity contribution is -0.561. The molecule has 1 aromatic rings. The van der Waals surface area contributed by atoms with Gasteiger partial charge in [-0.25, -0.2) is 0 Å². The van der Waals surface area contributed by atoms with Crippen LogP contribution in [0.4, 0.5) is 0 Å². The number of fused-ring (bicyclic) bond motifs is 1. The summed E-state index contributed by atoms with van der Waals surface area (Å²) in [4.78, 5) is 4.12. The van der Waals surface area contributed by atoms with E-state index in [1.165, 1.54) is 5.69 Å². The maximum atomic E-state index is 4.12. The molecule has 0 N–H and O–H groups in total. The van der Waals surface area contributed by atoms with E-state index in [1.54, 1.807) is 11.3 Å². The molecule has 2 nitrogen and oxygen atoms in total. The van der Waals surface area contributed by atoms with Gasteiger partial charge in [0.15, 0.2) is 6.20 Å². The molecule has 1 aliphatic rings. The van der Waals surface area contributed by atoms with Crippen LogP contribution >= 0.6 is 11.3 Å². The molecule has 2 rings (SSSR count). The highest BCUT2D eigenvalue weighted by Crippen LogP contribution is 2.07. The first-order valence-electron chi connectivity index (χ1n) is 3.04. The number of allylic oxidation sites excluding steroid dienone is 1. The van der Waals surface area contributed by atoms with Crippen molar-refractivity contribution < 1.29 is 4.57 Å². The van der Waals surface area contributed by atoms with Crippen molar-refractivity contribution >= 4 is 23.2 Å². The zero-order chi connectivity index (χ0) is 6.97. The number of thiazole rings is 1. The molecule has 1 aromatic heterocycles. The predicted octanol–water partition coefficient (Wildman–Crippen LogP) is 0.939. The minimum Gasteiger partial charge on any atom is -0.282 e. The number of rotatable bonds is 0. The number of hydrogen-bond acceptors (Lipinski definition) is 2. The Morgan fingerprint density at radius 1 is 1.60 bits per heavy atom. The third kappa shape index (κ3) is 0.640. The Balaban J connectivity index is 2.63. The molecule has 3 heteroatoms. The molecule has 50 valence electrons. The van der Waals surface area contributed by atoms with Gasteiger partial charge in [-0.2, -0.15) is 4.57 Å². The van der Waals surface area contributed by atoms with Gasteiger partial charge in [0, 0.05) is 13.1 Å². The van der Waals surface area contributed by atoms with E-state index in [-0.39, 0.29) is 0 Å². The largest absolute Gasteiger partial charge is 0.282 e. The fourth-order valence-electron chi connectivity index (χ4n) is 1.01. The van der Waals surface area contributed by atoms with E-state index < -0.39 is 0 Å². The molecule has 0 spiro atoms. The van der Waals surface area contributed by atoms with Crippen LogP contribution < -0.4 is 4.57 Å². The van der Waals surface area contributed by atoms with Crippen molar-refractivity contribution in [3.63, 3.8) is 0 Å². The molecule has 0 atom stereocenters. The van der Waals surface area contributed by atoms with E-state index in [0.29, 0.717) is 0 Å². The minimum absolute atomic E-state index is 1.07. The molecule has 0 fully saturated rings. The molecule has 2 heterocycles. The van der Waals surface area contributed by atoms with Gasteiger partial charge in [0.1, 0.15) is 5.71 Å². The van der Waals surface area contributed by atoms with Crippen LogP contribution in [0.3, 0.4) is 0 Å². The highest BCUT2D eigenvalue weighted by molar-refractivity contribution is 7.07. The molecule has 0 aliphatic carbocycles. The Morgan fingerprint density at radius 3 is 3.30 bits per heavy atom. The molecular formula is C7H7N2S+. The molecule has 0 saturated heterocycles. The van der Waals surface area contributed by atoms with Gasteiger partial charge in [-0.15, -0.1) is 0 Å². The van der Waals surface area contributed by atoms with Crippen LogP contribution in [0.5, 0.6) is 0 Å². The van der Waals surface area contributed by atoms with Crippen LogP contribution in [0.15, 0.2) is 22.0 Å². The van der Waals surface area contributed by atoms with Gasteiger partial charge in [0.2, 0.25) is 11.2 Å². The summed E-state index contributed by atoms with van der Waals surface area (Å²) in [5.41, 5.74) is 4.33. The lowest BCUT2D eigenvalue weighted by Gasteiger charge is -1.80. The number of hydrogen-bond donors (Lipinski definition) is 0. The van der Waals surface area contributed by atoms with Crippen LogP contribution in [-0.2, 0) is 0 Å². The highest BCUT2D eigenvalue weighted by atomic mass is 32.1. The zero-order valence-electron chi connectivity index (χ0n) is 5.61. The molecule has 0 bridgehead atoms. The molecule has 0 unspecified atom stereocenters. The number of nitrogens with zero attached hydrogens (tertiary/aromatic N) is 2. The summed E-state index contributed by atoms with van der Waals surface area (Å²) in [6.45, 7) is 0. The summed E-state index contributed by atoms with van der Waals surface area (Å²) in [5.74, 6) is 0. The lowest BCUT2D eigenvalue weighted by Crippen LogP contribution is -2.24. The Morgan fingerprint density at radius 2 is 2.50 bits per heavy atom. The van der Waals surface area contributed by atoms with E-state index in [0.717, 1.165) is 5.71 Å². The second-order valence-electron chi connectivity index (χ2n) is 2.08. The Labute approximate surface area is 63.2 Å². The molecule has 10 heavy (non-hydrogen) atoms. The highest BCUT2D eigenvalue weighted by Gasteiger charge is 2.19. The second kappa shape index (κ2) is 2.02. The van der Waals surface area contributed by atoms with Crippen molar-refractivity contribution in [1.29, 1.82) is 0 Å². The van der Waals surface area contributed by atoms with Crippen LogP contribution in [0.1, 0.15) is 5.69 Å². The minimum atomic E-state index is 1.07. The monoisotopic (exact) mass is 151 g/mol. The van der Waals surface area contributed by atoms with Gasteiger partial charge in [-0.3, -0.25) is 4.99 Å². The van der Waals surface area contributed by atoms with Crippen molar-refractivity contribution in [2.75, 3.05) is 7.05 Å². The summed E-state index contributed by atoms with van der Waals surface area (Å²) >= 11 is 1.69. The fourth-order valence-corrected chi connectivity index (χ4v) is 1.76. The van der Waals surface area contributed by atoms with Crippen molar-refractivity contribution in [3.05, 3.63) is 22.7 Å². The van der Waals surface area contributed by atoms with Crippen molar-refractivity contribution in [3.8, 4) is 0 Å². The van der Waals surface area contributed by atoms with E-state index in [9.17, 15) is 0 Å². The summed E-state index contributed by atoms with van der Waals surface area (Å²) in [6.07, 6.45) is 4.04. The predicted molar refractivity (Wildman–Crippen MR) is 42.3 cm³/mol. The lowest BCUT2D eigenvalue weighted by atomic mass is 10.3. The van der Waals surface area contributed by atoms with Gasteiger partial charge in [0.05, 0.1) is 5.38 Å². The standard InChI is InChI=1S/C7H7N2S/c1-8-6-2-3-9-5-10-4-7(6)9/h2-5H,1H3/q+1/b8-6-. The topological polar surface area (TPSA) is 16.2 Å². The van der Waals surface area contributed by atoms with Gasteiger partial charge in [-0.05, 0) is 0 Å². The Hall–Kier alpha value is -0.960. The maximum absolute atomic E-state index is 4.12. The van der Waals surface area contributed by atoms with Crippen LogP contribution in [-0.4, -0.2) is 12.8 Å². The molecule has 0 amide bonds. The summed E-state index contributed by atoms with van der Waals surface area (Å²) in [6, 6.07) is 0. The molecule has 0 saturated carbocycles. The van der Waals surface area contributed by atoms with E-state index >= 15 is 0 Å².